The molecule has 76 valence electrons. The van der Waals surface area contributed by atoms with Gasteiger partial charge in [-0.25, -0.2) is 4.98 Å². The number of nitrogens with one attached hydrogen (secondary N) is 1. The van der Waals surface area contributed by atoms with Gasteiger partial charge in [0.15, 0.2) is 0 Å². The van der Waals surface area contributed by atoms with Crippen molar-refractivity contribution in [1.29, 1.82) is 0 Å². The highest BCUT2D eigenvalue weighted by Crippen LogP contribution is 2.19. The standard InChI is InChI=1S/C10H14N2OS/c1-7-5-11-6-8(7)9(13)4-10-12-2-3-14-10/h2-3,7-8,11H,4-6H2,1H3. The van der Waals surface area contributed by atoms with E-state index in [1.54, 1.807) is 17.5 Å². The van der Waals surface area contributed by atoms with E-state index in [0.29, 0.717) is 18.1 Å². The second kappa shape index (κ2) is 4.19. The van der Waals surface area contributed by atoms with Crippen molar-refractivity contribution in [2.24, 2.45) is 11.8 Å². The Balaban J connectivity index is 1.95. The Kier molecular flexibility index (Phi) is 2.93. The van der Waals surface area contributed by atoms with Crippen LogP contribution in [0.2, 0.25) is 0 Å². The van der Waals surface area contributed by atoms with Gasteiger partial charge in [0.2, 0.25) is 0 Å². The molecule has 0 aliphatic carbocycles. The van der Waals surface area contributed by atoms with Gasteiger partial charge < -0.3 is 5.32 Å². The Morgan fingerprint density at radius 3 is 3.14 bits per heavy atom. The van der Waals surface area contributed by atoms with Crippen LogP contribution >= 0.6 is 11.3 Å². The topological polar surface area (TPSA) is 42.0 Å². The van der Waals surface area contributed by atoms with Crippen molar-refractivity contribution in [2.45, 2.75) is 13.3 Å². The highest BCUT2D eigenvalue weighted by atomic mass is 32.1. The molecule has 2 atom stereocenters. The van der Waals surface area contributed by atoms with Crippen LogP contribution in [0.5, 0.6) is 0 Å². The van der Waals surface area contributed by atoms with Gasteiger partial charge in [0.05, 0.1) is 11.4 Å². The van der Waals surface area contributed by atoms with Crippen molar-refractivity contribution in [3.63, 3.8) is 0 Å². The van der Waals surface area contributed by atoms with Crippen molar-refractivity contribution >= 4 is 17.1 Å². The number of aromatic nitrogens is 1. The SMILES string of the molecule is CC1CNCC1C(=O)Cc1nccs1. The summed E-state index contributed by atoms with van der Waals surface area (Å²) in [6.45, 7) is 3.93. The third-order valence-corrected chi connectivity index (χ3v) is 3.52. The Morgan fingerprint density at radius 1 is 1.71 bits per heavy atom. The van der Waals surface area contributed by atoms with Gasteiger partial charge in [0.1, 0.15) is 5.78 Å². The van der Waals surface area contributed by atoms with Gasteiger partial charge in [-0.2, -0.15) is 0 Å². The lowest BCUT2D eigenvalue weighted by atomic mass is 9.92. The van der Waals surface area contributed by atoms with E-state index in [-0.39, 0.29) is 5.92 Å². The average molecular weight is 210 g/mol. The van der Waals surface area contributed by atoms with E-state index in [1.165, 1.54) is 0 Å². The van der Waals surface area contributed by atoms with Crippen LogP contribution in [0.25, 0.3) is 0 Å². The molecule has 0 saturated carbocycles. The van der Waals surface area contributed by atoms with E-state index in [1.807, 2.05) is 5.38 Å². The van der Waals surface area contributed by atoms with Crippen molar-refractivity contribution in [3.05, 3.63) is 16.6 Å². The predicted molar refractivity (Wildman–Crippen MR) is 56.3 cm³/mol. The molecule has 0 radical (unpaired) electrons. The van der Waals surface area contributed by atoms with E-state index in [9.17, 15) is 4.79 Å². The number of hydrogen-bond acceptors (Lipinski definition) is 4. The first kappa shape index (κ1) is 9.80. The Morgan fingerprint density at radius 2 is 2.57 bits per heavy atom. The number of carbonyl (C=O) groups excluding carboxylic acids is 1. The summed E-state index contributed by atoms with van der Waals surface area (Å²) in [5.41, 5.74) is 0. The summed E-state index contributed by atoms with van der Waals surface area (Å²) in [6.07, 6.45) is 2.26. The van der Waals surface area contributed by atoms with Gasteiger partial charge in [-0.1, -0.05) is 6.92 Å². The zero-order valence-electron chi connectivity index (χ0n) is 8.19. The van der Waals surface area contributed by atoms with Crippen LogP contribution in [-0.2, 0) is 11.2 Å². The third kappa shape index (κ3) is 2.01. The second-order valence-electron chi connectivity index (χ2n) is 3.81. The minimum Gasteiger partial charge on any atom is -0.316 e. The van der Waals surface area contributed by atoms with Gasteiger partial charge in [-0.15, -0.1) is 11.3 Å². The van der Waals surface area contributed by atoms with Crippen LogP contribution in [0, 0.1) is 11.8 Å². The molecular weight excluding hydrogens is 196 g/mol. The van der Waals surface area contributed by atoms with Gasteiger partial charge in [-0.3, -0.25) is 4.79 Å². The molecule has 3 nitrogen and oxygen atoms in total. The smallest absolute Gasteiger partial charge is 0.144 e. The first-order valence-corrected chi connectivity index (χ1v) is 5.77. The summed E-state index contributed by atoms with van der Waals surface area (Å²) in [5.74, 6) is 0.999. The average Bonchev–Trinajstić information content (AvgIpc) is 2.75. The molecule has 1 saturated heterocycles. The fraction of sp³-hybridized carbons (Fsp3) is 0.600. The Hall–Kier alpha value is -0.740. The van der Waals surface area contributed by atoms with Crippen LogP contribution in [0.3, 0.4) is 0 Å². The molecule has 1 aromatic rings. The minimum atomic E-state index is 0.193. The number of hydrogen-bond donors (Lipinski definition) is 1. The molecule has 1 aliphatic heterocycles. The quantitative estimate of drug-likeness (QED) is 0.812. The number of thiazole rings is 1. The monoisotopic (exact) mass is 210 g/mol. The molecule has 0 amide bonds. The number of nitrogens with zero attached hydrogens (tertiary/aromatic N) is 1. The molecule has 0 bridgehead atoms. The second-order valence-corrected chi connectivity index (χ2v) is 4.79. The fourth-order valence-corrected chi connectivity index (χ4v) is 2.49. The minimum absolute atomic E-state index is 0.193. The van der Waals surface area contributed by atoms with Crippen molar-refractivity contribution in [1.82, 2.24) is 10.3 Å². The lowest BCUT2D eigenvalue weighted by molar-refractivity contribution is -0.122. The van der Waals surface area contributed by atoms with Crippen LogP contribution in [0.15, 0.2) is 11.6 Å². The molecule has 1 fully saturated rings. The maximum Gasteiger partial charge on any atom is 0.144 e. The molecule has 2 unspecified atom stereocenters. The maximum absolute atomic E-state index is 11.8. The Bertz CT molecular complexity index is 310. The van der Waals surface area contributed by atoms with E-state index in [4.69, 9.17) is 0 Å². The van der Waals surface area contributed by atoms with E-state index in [0.717, 1.165) is 18.1 Å². The highest BCUT2D eigenvalue weighted by molar-refractivity contribution is 7.09. The van der Waals surface area contributed by atoms with E-state index >= 15 is 0 Å². The summed E-state index contributed by atoms with van der Waals surface area (Å²) in [6, 6.07) is 0. The van der Waals surface area contributed by atoms with Crippen molar-refractivity contribution in [2.75, 3.05) is 13.1 Å². The normalized spacial score (nSPS) is 26.6. The number of rotatable bonds is 3. The van der Waals surface area contributed by atoms with E-state index < -0.39 is 0 Å². The fourth-order valence-electron chi connectivity index (χ4n) is 1.86. The molecule has 2 heterocycles. The van der Waals surface area contributed by atoms with Crippen LogP contribution in [-0.4, -0.2) is 23.9 Å². The molecule has 0 spiro atoms. The molecule has 4 heteroatoms. The van der Waals surface area contributed by atoms with Gasteiger partial charge in [0.25, 0.3) is 0 Å². The lowest BCUT2D eigenvalue weighted by Gasteiger charge is -2.11. The van der Waals surface area contributed by atoms with Gasteiger partial charge >= 0.3 is 0 Å². The molecule has 0 aromatic carbocycles. The predicted octanol–water partition coefficient (Wildman–Crippen LogP) is 1.11. The summed E-state index contributed by atoms with van der Waals surface area (Å²) < 4.78 is 0. The zero-order valence-corrected chi connectivity index (χ0v) is 9.01. The number of carbonyl (C=O) groups is 1. The van der Waals surface area contributed by atoms with Crippen LogP contribution < -0.4 is 5.32 Å². The highest BCUT2D eigenvalue weighted by Gasteiger charge is 2.29. The van der Waals surface area contributed by atoms with Gasteiger partial charge in [-0.05, 0) is 12.5 Å². The Labute approximate surface area is 87.6 Å². The molecule has 1 N–H and O–H groups in total. The third-order valence-electron chi connectivity index (χ3n) is 2.74. The molecule has 1 aliphatic rings. The van der Waals surface area contributed by atoms with Crippen molar-refractivity contribution < 1.29 is 4.79 Å². The zero-order chi connectivity index (χ0) is 9.97. The molecule has 14 heavy (non-hydrogen) atoms. The van der Waals surface area contributed by atoms with E-state index in [2.05, 4.69) is 17.2 Å². The maximum atomic E-state index is 11.8. The first-order valence-electron chi connectivity index (χ1n) is 4.89. The molecular formula is C10H14N2OS. The molecule has 1 aromatic heterocycles. The summed E-state index contributed by atoms with van der Waals surface area (Å²) in [5, 5.41) is 6.10. The van der Waals surface area contributed by atoms with Gasteiger partial charge in [0, 0.05) is 24.0 Å². The number of Topliss-reactive ketones (excluding diaryl/α,β-unsaturated/α-hetero) is 1. The summed E-state index contributed by atoms with van der Waals surface area (Å²) in [7, 11) is 0. The van der Waals surface area contributed by atoms with Crippen LogP contribution in [0.4, 0.5) is 0 Å². The first-order chi connectivity index (χ1) is 6.77. The molecule has 2 rings (SSSR count). The van der Waals surface area contributed by atoms with Crippen molar-refractivity contribution in [3.8, 4) is 0 Å². The lowest BCUT2D eigenvalue weighted by Crippen LogP contribution is -2.22. The number of ketones is 1. The largest absolute Gasteiger partial charge is 0.316 e. The summed E-state index contributed by atoms with van der Waals surface area (Å²) in [4.78, 5) is 16.0. The van der Waals surface area contributed by atoms with Crippen LogP contribution in [0.1, 0.15) is 11.9 Å². The summed E-state index contributed by atoms with van der Waals surface area (Å²) >= 11 is 1.56.